The lowest BCUT2D eigenvalue weighted by molar-refractivity contribution is 0.216. The molecule has 0 saturated carbocycles. The van der Waals surface area contributed by atoms with Crippen molar-refractivity contribution in [2.45, 2.75) is 39.5 Å². The molecule has 0 atom stereocenters. The van der Waals surface area contributed by atoms with Crippen molar-refractivity contribution in [3.05, 3.63) is 0 Å². The van der Waals surface area contributed by atoms with Crippen LogP contribution in [0.25, 0.3) is 0 Å². The number of piperidine rings is 1. The number of nitrogens with one attached hydrogen (secondary N) is 1. The third-order valence-electron chi connectivity index (χ3n) is 3.73. The number of hydrogen-bond acceptors (Lipinski definition) is 3. The Hall–Kier alpha value is -0.590. The summed E-state index contributed by atoms with van der Waals surface area (Å²) in [5.41, 5.74) is -0.158. The van der Waals surface area contributed by atoms with E-state index in [0.29, 0.717) is 0 Å². The standard InChI is InChI=1S/C14H27N3/c1-14(2,12-15)7-4-8-16-11-13-5-9-17(3)10-6-13/h13,16H,4-11H2,1-3H3. The molecule has 0 spiro atoms. The van der Waals surface area contributed by atoms with E-state index in [-0.39, 0.29) is 5.41 Å². The van der Waals surface area contributed by atoms with Gasteiger partial charge in [0.15, 0.2) is 0 Å². The summed E-state index contributed by atoms with van der Waals surface area (Å²) < 4.78 is 0. The van der Waals surface area contributed by atoms with Crippen molar-refractivity contribution >= 4 is 0 Å². The van der Waals surface area contributed by atoms with Gasteiger partial charge in [-0.1, -0.05) is 0 Å². The Morgan fingerprint density at radius 1 is 1.35 bits per heavy atom. The highest BCUT2D eigenvalue weighted by Crippen LogP contribution is 2.20. The van der Waals surface area contributed by atoms with Gasteiger partial charge < -0.3 is 10.2 Å². The molecule has 0 amide bonds. The van der Waals surface area contributed by atoms with Crippen molar-refractivity contribution in [3.63, 3.8) is 0 Å². The smallest absolute Gasteiger partial charge is 0.0683 e. The van der Waals surface area contributed by atoms with E-state index in [4.69, 9.17) is 5.26 Å². The third kappa shape index (κ3) is 6.05. The fraction of sp³-hybridized carbons (Fsp3) is 0.929. The van der Waals surface area contributed by atoms with Crippen molar-refractivity contribution in [1.82, 2.24) is 10.2 Å². The summed E-state index contributed by atoms with van der Waals surface area (Å²) in [7, 11) is 2.20. The summed E-state index contributed by atoms with van der Waals surface area (Å²) in [4.78, 5) is 2.41. The molecule has 0 bridgehead atoms. The Labute approximate surface area is 106 Å². The summed E-state index contributed by atoms with van der Waals surface area (Å²) in [6.45, 7) is 8.73. The van der Waals surface area contributed by atoms with Crippen LogP contribution in [-0.2, 0) is 0 Å². The van der Waals surface area contributed by atoms with E-state index < -0.39 is 0 Å². The maximum absolute atomic E-state index is 8.90. The van der Waals surface area contributed by atoms with Crippen molar-refractivity contribution in [2.75, 3.05) is 33.2 Å². The number of rotatable bonds is 6. The quantitative estimate of drug-likeness (QED) is 0.720. The molecule has 0 unspecified atom stereocenters. The van der Waals surface area contributed by atoms with Gasteiger partial charge in [-0.25, -0.2) is 0 Å². The maximum atomic E-state index is 8.90. The fourth-order valence-corrected chi connectivity index (χ4v) is 2.28. The summed E-state index contributed by atoms with van der Waals surface area (Å²) in [6, 6.07) is 2.35. The molecule has 0 radical (unpaired) electrons. The molecule has 1 heterocycles. The van der Waals surface area contributed by atoms with Crippen molar-refractivity contribution in [1.29, 1.82) is 5.26 Å². The molecule has 1 saturated heterocycles. The first-order valence-corrected chi connectivity index (χ1v) is 6.84. The Balaban J connectivity index is 2.00. The second kappa shape index (κ2) is 6.98. The molecule has 0 aromatic heterocycles. The summed E-state index contributed by atoms with van der Waals surface area (Å²) in [5.74, 6) is 0.857. The van der Waals surface area contributed by atoms with Gasteiger partial charge in [0.05, 0.1) is 11.5 Å². The number of likely N-dealkylation sites (tertiary alicyclic amines) is 1. The lowest BCUT2D eigenvalue weighted by Crippen LogP contribution is -2.35. The third-order valence-corrected chi connectivity index (χ3v) is 3.73. The Morgan fingerprint density at radius 2 is 2.00 bits per heavy atom. The summed E-state index contributed by atoms with van der Waals surface area (Å²) in [6.07, 6.45) is 4.75. The van der Waals surface area contributed by atoms with Gasteiger partial charge in [0.2, 0.25) is 0 Å². The van der Waals surface area contributed by atoms with Crippen LogP contribution in [0.15, 0.2) is 0 Å². The van der Waals surface area contributed by atoms with Crippen LogP contribution in [0.1, 0.15) is 39.5 Å². The first kappa shape index (κ1) is 14.5. The van der Waals surface area contributed by atoms with Crippen LogP contribution in [0.4, 0.5) is 0 Å². The second-order valence-electron chi connectivity index (χ2n) is 6.05. The van der Waals surface area contributed by atoms with Crippen LogP contribution < -0.4 is 5.32 Å². The molecule has 3 nitrogen and oxygen atoms in total. The fourth-order valence-electron chi connectivity index (χ4n) is 2.28. The zero-order valence-corrected chi connectivity index (χ0v) is 11.6. The molecular formula is C14H27N3. The molecule has 0 aliphatic carbocycles. The van der Waals surface area contributed by atoms with Gasteiger partial charge in [0.25, 0.3) is 0 Å². The number of nitrogens with zero attached hydrogens (tertiary/aromatic N) is 2. The van der Waals surface area contributed by atoms with Crippen molar-refractivity contribution in [2.24, 2.45) is 11.3 Å². The Kier molecular flexibility index (Phi) is 5.94. The highest BCUT2D eigenvalue weighted by molar-refractivity contribution is 4.91. The van der Waals surface area contributed by atoms with Gasteiger partial charge in [-0.15, -0.1) is 0 Å². The van der Waals surface area contributed by atoms with E-state index >= 15 is 0 Å². The van der Waals surface area contributed by atoms with Crippen molar-refractivity contribution < 1.29 is 0 Å². The minimum absolute atomic E-state index is 0.158. The van der Waals surface area contributed by atoms with Crippen molar-refractivity contribution in [3.8, 4) is 6.07 Å². The number of hydrogen-bond donors (Lipinski definition) is 1. The van der Waals surface area contributed by atoms with Crippen LogP contribution >= 0.6 is 0 Å². The minimum Gasteiger partial charge on any atom is -0.316 e. The summed E-state index contributed by atoms with van der Waals surface area (Å²) >= 11 is 0. The molecule has 1 N–H and O–H groups in total. The summed E-state index contributed by atoms with van der Waals surface area (Å²) in [5, 5.41) is 12.4. The highest BCUT2D eigenvalue weighted by Gasteiger charge is 2.17. The van der Waals surface area contributed by atoms with E-state index in [1.807, 2.05) is 13.8 Å². The number of nitriles is 1. The van der Waals surface area contributed by atoms with Crippen LogP contribution in [0.5, 0.6) is 0 Å². The van der Waals surface area contributed by atoms with Gasteiger partial charge in [-0.05, 0) is 78.7 Å². The molecule has 98 valence electrons. The Bertz CT molecular complexity index is 247. The van der Waals surface area contributed by atoms with Crippen LogP contribution in [0, 0.1) is 22.7 Å². The molecule has 1 aliphatic heterocycles. The van der Waals surface area contributed by atoms with Crippen LogP contribution in [0.3, 0.4) is 0 Å². The lowest BCUT2D eigenvalue weighted by atomic mass is 9.90. The van der Waals surface area contributed by atoms with E-state index in [1.54, 1.807) is 0 Å². The Morgan fingerprint density at radius 3 is 2.59 bits per heavy atom. The molecule has 1 rings (SSSR count). The van der Waals surface area contributed by atoms with Gasteiger partial charge in [-0.2, -0.15) is 5.26 Å². The predicted molar refractivity (Wildman–Crippen MR) is 71.7 cm³/mol. The van der Waals surface area contributed by atoms with E-state index in [9.17, 15) is 0 Å². The predicted octanol–water partition coefficient (Wildman–Crippen LogP) is 2.25. The first-order valence-electron chi connectivity index (χ1n) is 6.84. The first-order chi connectivity index (χ1) is 8.03. The van der Waals surface area contributed by atoms with Crippen LogP contribution in [-0.4, -0.2) is 38.1 Å². The average Bonchev–Trinajstić information content (AvgIpc) is 2.31. The molecule has 1 fully saturated rings. The monoisotopic (exact) mass is 237 g/mol. The largest absolute Gasteiger partial charge is 0.316 e. The maximum Gasteiger partial charge on any atom is 0.0683 e. The lowest BCUT2D eigenvalue weighted by Gasteiger charge is -2.29. The molecule has 0 aromatic rings. The van der Waals surface area contributed by atoms with Gasteiger partial charge in [0, 0.05) is 0 Å². The molecule has 3 heteroatoms. The van der Waals surface area contributed by atoms with Gasteiger partial charge in [-0.3, -0.25) is 0 Å². The van der Waals surface area contributed by atoms with Gasteiger partial charge in [0.1, 0.15) is 0 Å². The van der Waals surface area contributed by atoms with E-state index in [1.165, 1.54) is 25.9 Å². The van der Waals surface area contributed by atoms with E-state index in [0.717, 1.165) is 31.8 Å². The zero-order chi connectivity index (χ0) is 12.7. The second-order valence-corrected chi connectivity index (χ2v) is 6.05. The molecule has 1 aliphatic rings. The molecular weight excluding hydrogens is 210 g/mol. The normalized spacial score (nSPS) is 19.2. The molecule has 0 aromatic carbocycles. The van der Waals surface area contributed by atoms with Gasteiger partial charge >= 0.3 is 0 Å². The van der Waals surface area contributed by atoms with E-state index in [2.05, 4.69) is 23.3 Å². The molecule has 17 heavy (non-hydrogen) atoms. The highest BCUT2D eigenvalue weighted by atomic mass is 15.1. The SMILES string of the molecule is CN1CCC(CNCCCC(C)(C)C#N)CC1. The average molecular weight is 237 g/mol. The van der Waals surface area contributed by atoms with Crippen LogP contribution in [0.2, 0.25) is 0 Å². The topological polar surface area (TPSA) is 39.1 Å². The zero-order valence-electron chi connectivity index (χ0n) is 11.6. The minimum atomic E-state index is -0.158.